The molecule has 154 valence electrons. The van der Waals surface area contributed by atoms with Crippen LogP contribution in [0.2, 0.25) is 0 Å². The van der Waals surface area contributed by atoms with Gasteiger partial charge >= 0.3 is 6.01 Å². The molecule has 8 heteroatoms. The van der Waals surface area contributed by atoms with Crippen molar-refractivity contribution in [3.63, 3.8) is 0 Å². The normalized spacial score (nSPS) is 20.4. The Morgan fingerprint density at radius 3 is 2.86 bits per heavy atom. The predicted octanol–water partition coefficient (Wildman–Crippen LogP) is 2.17. The minimum Gasteiger partial charge on any atom is -0.463 e. The second-order valence-electron chi connectivity index (χ2n) is 7.95. The van der Waals surface area contributed by atoms with Gasteiger partial charge in [-0.2, -0.15) is 9.97 Å². The van der Waals surface area contributed by atoms with Crippen LogP contribution in [-0.4, -0.2) is 60.8 Å². The first-order valence-electron chi connectivity index (χ1n) is 10.0. The molecule has 2 N–H and O–H groups in total. The van der Waals surface area contributed by atoms with Crippen molar-refractivity contribution < 1.29 is 4.74 Å². The van der Waals surface area contributed by atoms with Crippen molar-refractivity contribution in [2.24, 2.45) is 5.92 Å². The molecule has 0 saturated heterocycles. The Kier molecular flexibility index (Phi) is 5.53. The molecule has 1 aliphatic carbocycles. The Labute approximate surface area is 172 Å². The molecule has 8 nitrogen and oxygen atoms in total. The fraction of sp³-hybridized carbons (Fsp3) is 0.476. The van der Waals surface area contributed by atoms with E-state index >= 15 is 0 Å². The molecule has 0 spiro atoms. The number of rotatable bonds is 8. The van der Waals surface area contributed by atoms with E-state index in [2.05, 4.69) is 38.0 Å². The molecule has 0 amide bonds. The monoisotopic (exact) mass is 395 g/mol. The highest BCUT2D eigenvalue weighted by molar-refractivity contribution is 5.59. The van der Waals surface area contributed by atoms with Gasteiger partial charge in [-0.05, 0) is 31.1 Å². The van der Waals surface area contributed by atoms with Crippen LogP contribution in [0.5, 0.6) is 6.01 Å². The lowest BCUT2D eigenvalue weighted by Crippen LogP contribution is -2.24. The molecule has 2 atom stereocenters. The molecule has 1 aliphatic heterocycles. The Hall–Kier alpha value is -2.87. The predicted molar refractivity (Wildman–Crippen MR) is 114 cm³/mol. The van der Waals surface area contributed by atoms with Crippen molar-refractivity contribution in [1.82, 2.24) is 25.4 Å². The van der Waals surface area contributed by atoms with Crippen LogP contribution in [0.3, 0.4) is 0 Å². The average molecular weight is 396 g/mol. The summed E-state index contributed by atoms with van der Waals surface area (Å²) in [7, 11) is 5.97. The summed E-state index contributed by atoms with van der Waals surface area (Å²) in [5.41, 5.74) is 6.68. The van der Waals surface area contributed by atoms with Crippen LogP contribution in [0, 0.1) is 12.8 Å². The van der Waals surface area contributed by atoms with Gasteiger partial charge in [-0.3, -0.25) is 4.98 Å². The largest absolute Gasteiger partial charge is 0.463 e. The van der Waals surface area contributed by atoms with E-state index in [-0.39, 0.29) is 0 Å². The van der Waals surface area contributed by atoms with Crippen LogP contribution in [-0.2, 0) is 0 Å². The SMILES string of the molecule is Cc1c(NCC2=CN(C)NC2)nc(OC[C@H]2C[C@@H]2c2ccccn2)nc1N(C)C. The van der Waals surface area contributed by atoms with Gasteiger partial charge in [-0.15, -0.1) is 0 Å². The van der Waals surface area contributed by atoms with E-state index in [1.807, 2.05) is 56.3 Å². The minimum absolute atomic E-state index is 0.420. The zero-order chi connectivity index (χ0) is 20.4. The third-order valence-corrected chi connectivity index (χ3v) is 5.35. The van der Waals surface area contributed by atoms with Gasteiger partial charge in [0.1, 0.15) is 11.6 Å². The number of aromatic nitrogens is 3. The van der Waals surface area contributed by atoms with Crippen molar-refractivity contribution in [3.8, 4) is 6.01 Å². The standard InChI is InChI=1S/C21H29N7O/c1-14-19(23-10-15-11-24-28(4)12-15)25-21(26-20(14)27(2)3)29-13-16-9-17(16)18-7-5-6-8-22-18/h5-8,12,16-17,24H,9-11,13H2,1-4H3,(H,23,25,26)/t16-,17+/m1/s1. The molecular weight excluding hydrogens is 366 g/mol. The van der Waals surface area contributed by atoms with Gasteiger partial charge in [0.2, 0.25) is 0 Å². The van der Waals surface area contributed by atoms with Gasteiger partial charge in [-0.1, -0.05) is 6.07 Å². The molecule has 0 aromatic carbocycles. The second kappa shape index (κ2) is 8.24. The summed E-state index contributed by atoms with van der Waals surface area (Å²) in [6, 6.07) is 6.49. The smallest absolute Gasteiger partial charge is 0.320 e. The van der Waals surface area contributed by atoms with Crippen molar-refractivity contribution in [3.05, 3.63) is 47.4 Å². The summed E-state index contributed by atoms with van der Waals surface area (Å²) < 4.78 is 6.01. The van der Waals surface area contributed by atoms with E-state index in [1.165, 1.54) is 5.57 Å². The fourth-order valence-electron chi connectivity index (χ4n) is 3.62. The first kappa shape index (κ1) is 19.4. The average Bonchev–Trinajstić information content (AvgIpc) is 3.38. The van der Waals surface area contributed by atoms with Crippen molar-refractivity contribution >= 4 is 11.6 Å². The van der Waals surface area contributed by atoms with Crippen LogP contribution < -0.4 is 20.4 Å². The van der Waals surface area contributed by atoms with Crippen molar-refractivity contribution in [2.75, 3.05) is 51.1 Å². The molecule has 1 saturated carbocycles. The number of ether oxygens (including phenoxy) is 1. The first-order valence-corrected chi connectivity index (χ1v) is 10.0. The number of anilines is 2. The first-order chi connectivity index (χ1) is 14.0. The molecule has 3 heterocycles. The van der Waals surface area contributed by atoms with Gasteiger partial charge in [0.15, 0.2) is 0 Å². The van der Waals surface area contributed by atoms with E-state index < -0.39 is 0 Å². The summed E-state index contributed by atoms with van der Waals surface area (Å²) >= 11 is 0. The van der Waals surface area contributed by atoms with Gasteiger partial charge in [-0.25, -0.2) is 5.43 Å². The van der Waals surface area contributed by atoms with Crippen LogP contribution in [0.4, 0.5) is 11.6 Å². The molecular formula is C21H29N7O. The van der Waals surface area contributed by atoms with Crippen molar-refractivity contribution in [2.45, 2.75) is 19.3 Å². The maximum atomic E-state index is 6.01. The molecule has 2 aliphatic rings. The highest BCUT2D eigenvalue weighted by Gasteiger charge is 2.40. The molecule has 1 fully saturated rings. The van der Waals surface area contributed by atoms with Gasteiger partial charge in [0.05, 0.1) is 6.61 Å². The Morgan fingerprint density at radius 1 is 1.31 bits per heavy atom. The van der Waals surface area contributed by atoms with E-state index in [0.29, 0.717) is 24.5 Å². The summed E-state index contributed by atoms with van der Waals surface area (Å²) in [6.07, 6.45) is 5.05. The molecule has 2 aromatic rings. The fourth-order valence-corrected chi connectivity index (χ4v) is 3.62. The number of nitrogens with zero attached hydrogens (tertiary/aromatic N) is 5. The minimum atomic E-state index is 0.420. The molecule has 0 bridgehead atoms. The number of nitrogens with one attached hydrogen (secondary N) is 2. The van der Waals surface area contributed by atoms with Crippen molar-refractivity contribution in [1.29, 1.82) is 0 Å². The Balaban J connectivity index is 1.42. The summed E-state index contributed by atoms with van der Waals surface area (Å²) in [6.45, 7) is 4.21. The molecule has 0 unspecified atom stereocenters. The third-order valence-electron chi connectivity index (χ3n) is 5.35. The zero-order valence-corrected chi connectivity index (χ0v) is 17.5. The number of hydrazine groups is 1. The highest BCUT2D eigenvalue weighted by atomic mass is 16.5. The maximum absolute atomic E-state index is 6.01. The summed E-state index contributed by atoms with van der Waals surface area (Å²) in [4.78, 5) is 15.7. The quantitative estimate of drug-likeness (QED) is 0.704. The Bertz CT molecular complexity index is 884. The van der Waals surface area contributed by atoms with Crippen LogP contribution in [0.25, 0.3) is 0 Å². The topological polar surface area (TPSA) is 78.4 Å². The Morgan fingerprint density at radius 2 is 2.17 bits per heavy atom. The van der Waals surface area contributed by atoms with Crippen LogP contribution in [0.15, 0.2) is 36.2 Å². The number of hydrogen-bond donors (Lipinski definition) is 2. The molecule has 0 radical (unpaired) electrons. The summed E-state index contributed by atoms with van der Waals surface area (Å²) in [5, 5.41) is 5.42. The lowest BCUT2D eigenvalue weighted by Gasteiger charge is -2.18. The van der Waals surface area contributed by atoms with Gasteiger partial charge < -0.3 is 20.0 Å². The van der Waals surface area contributed by atoms with E-state index in [9.17, 15) is 0 Å². The molecule has 29 heavy (non-hydrogen) atoms. The van der Waals surface area contributed by atoms with Gasteiger partial charge in [0, 0.05) is 69.7 Å². The van der Waals surface area contributed by atoms with E-state index in [0.717, 1.165) is 42.4 Å². The van der Waals surface area contributed by atoms with E-state index in [4.69, 9.17) is 4.74 Å². The lowest BCUT2D eigenvalue weighted by atomic mass is 10.2. The highest BCUT2D eigenvalue weighted by Crippen LogP contribution is 2.46. The van der Waals surface area contributed by atoms with Crippen LogP contribution >= 0.6 is 0 Å². The third kappa shape index (κ3) is 4.59. The van der Waals surface area contributed by atoms with Gasteiger partial charge in [0.25, 0.3) is 0 Å². The van der Waals surface area contributed by atoms with Crippen LogP contribution in [0.1, 0.15) is 23.6 Å². The van der Waals surface area contributed by atoms with E-state index in [1.54, 1.807) is 0 Å². The maximum Gasteiger partial charge on any atom is 0.320 e. The lowest BCUT2D eigenvalue weighted by molar-refractivity contribution is 0.274. The number of hydrogen-bond acceptors (Lipinski definition) is 8. The second-order valence-corrected chi connectivity index (χ2v) is 7.95. The molecule has 4 rings (SSSR count). The number of pyridine rings is 1. The summed E-state index contributed by atoms with van der Waals surface area (Å²) in [5.74, 6) is 2.63. The zero-order valence-electron chi connectivity index (χ0n) is 17.5. The molecule has 2 aromatic heterocycles.